The number of halogens is 2. The molecular weight excluding hydrogens is 330 g/mol. The molecule has 134 valence electrons. The summed E-state index contributed by atoms with van der Waals surface area (Å²) < 4.78 is 31.9. The number of aryl methyl sites for hydroxylation is 1. The molecule has 1 aromatic carbocycles. The third-order valence-electron chi connectivity index (χ3n) is 3.99. The summed E-state index contributed by atoms with van der Waals surface area (Å²) in [6, 6.07) is 3.75. The average molecular weight is 350 g/mol. The van der Waals surface area contributed by atoms with Crippen LogP contribution in [0.5, 0.6) is 0 Å². The van der Waals surface area contributed by atoms with Crippen LogP contribution in [0.3, 0.4) is 0 Å². The van der Waals surface area contributed by atoms with E-state index in [1.165, 1.54) is 12.1 Å². The number of benzene rings is 1. The molecule has 1 aliphatic rings. The second-order valence-electron chi connectivity index (χ2n) is 5.83. The predicted molar refractivity (Wildman–Crippen MR) is 89.3 cm³/mol. The quantitative estimate of drug-likeness (QED) is 0.644. The van der Waals surface area contributed by atoms with Gasteiger partial charge < -0.3 is 20.1 Å². The molecule has 1 atom stereocenters. The number of hydrogen-bond donors (Lipinski definition) is 2. The first-order chi connectivity index (χ1) is 12.0. The van der Waals surface area contributed by atoms with E-state index < -0.39 is 11.6 Å². The predicted octanol–water partition coefficient (Wildman–Crippen LogP) is 1.60. The smallest absolute Gasteiger partial charge is 0.223 e. The maximum absolute atomic E-state index is 13.9. The van der Waals surface area contributed by atoms with Gasteiger partial charge in [0, 0.05) is 39.2 Å². The van der Waals surface area contributed by atoms with Crippen molar-refractivity contribution in [1.82, 2.24) is 20.8 Å². The van der Waals surface area contributed by atoms with Gasteiger partial charge in [0.15, 0.2) is 11.8 Å². The van der Waals surface area contributed by atoms with Gasteiger partial charge in [-0.15, -0.1) is 0 Å². The Kier molecular flexibility index (Phi) is 5.11. The number of nitrogens with one attached hydrogen (secondary N) is 2. The lowest BCUT2D eigenvalue weighted by molar-refractivity contribution is 0.386. The molecule has 0 saturated carbocycles. The lowest BCUT2D eigenvalue weighted by atomic mass is 10.2. The van der Waals surface area contributed by atoms with Crippen LogP contribution in [0.1, 0.15) is 18.1 Å². The van der Waals surface area contributed by atoms with Gasteiger partial charge in [-0.1, -0.05) is 5.16 Å². The van der Waals surface area contributed by atoms with Crippen LogP contribution in [0.2, 0.25) is 0 Å². The fraction of sp³-hybridized carbons (Fsp3) is 0.438. The highest BCUT2D eigenvalue weighted by molar-refractivity contribution is 5.80. The summed E-state index contributed by atoms with van der Waals surface area (Å²) in [5.74, 6) is 0.537. The van der Waals surface area contributed by atoms with Crippen LogP contribution < -0.4 is 15.5 Å². The summed E-state index contributed by atoms with van der Waals surface area (Å²) in [6.45, 7) is 3.40. The van der Waals surface area contributed by atoms with E-state index >= 15 is 0 Å². The molecular formula is C16H20F2N6O. The van der Waals surface area contributed by atoms with E-state index in [9.17, 15) is 8.78 Å². The van der Waals surface area contributed by atoms with Crippen LogP contribution in [0, 0.1) is 18.6 Å². The van der Waals surface area contributed by atoms with Gasteiger partial charge in [-0.3, -0.25) is 4.99 Å². The van der Waals surface area contributed by atoms with E-state index in [4.69, 9.17) is 4.52 Å². The Morgan fingerprint density at radius 1 is 1.44 bits per heavy atom. The molecule has 1 aliphatic heterocycles. The van der Waals surface area contributed by atoms with Crippen LogP contribution in [-0.2, 0) is 6.54 Å². The van der Waals surface area contributed by atoms with Crippen molar-refractivity contribution in [3.63, 3.8) is 0 Å². The van der Waals surface area contributed by atoms with Crippen molar-refractivity contribution in [2.75, 3.05) is 25.0 Å². The fourth-order valence-electron chi connectivity index (χ4n) is 2.80. The zero-order chi connectivity index (χ0) is 17.8. The lowest BCUT2D eigenvalue weighted by Crippen LogP contribution is -2.44. The molecule has 25 heavy (non-hydrogen) atoms. The summed E-state index contributed by atoms with van der Waals surface area (Å²) in [7, 11) is 1.67. The van der Waals surface area contributed by atoms with E-state index in [0.29, 0.717) is 43.0 Å². The summed E-state index contributed by atoms with van der Waals surface area (Å²) in [6.07, 6.45) is 0.818. The maximum Gasteiger partial charge on any atom is 0.223 e. The van der Waals surface area contributed by atoms with Crippen molar-refractivity contribution in [3.8, 4) is 0 Å². The first-order valence-corrected chi connectivity index (χ1v) is 8.01. The number of aromatic nitrogens is 2. The number of anilines is 1. The van der Waals surface area contributed by atoms with Gasteiger partial charge in [0.25, 0.3) is 0 Å². The first kappa shape index (κ1) is 17.1. The Bertz CT molecular complexity index is 763. The highest BCUT2D eigenvalue weighted by atomic mass is 19.1. The molecule has 0 amide bonds. The van der Waals surface area contributed by atoms with Gasteiger partial charge in [-0.05, 0) is 18.6 Å². The van der Waals surface area contributed by atoms with Gasteiger partial charge in [0.05, 0.1) is 12.2 Å². The van der Waals surface area contributed by atoms with Gasteiger partial charge >= 0.3 is 0 Å². The Hall–Kier alpha value is -2.71. The van der Waals surface area contributed by atoms with Gasteiger partial charge in [0.1, 0.15) is 11.6 Å². The lowest BCUT2D eigenvalue weighted by Gasteiger charge is -2.20. The van der Waals surface area contributed by atoms with Crippen LogP contribution in [0.25, 0.3) is 0 Å². The molecule has 1 unspecified atom stereocenters. The summed E-state index contributed by atoms with van der Waals surface area (Å²) in [5.41, 5.74) is 0.413. The molecule has 7 nitrogen and oxygen atoms in total. The molecule has 2 heterocycles. The standard InChI is InChI=1S/C16H20F2N6O/c1-10-21-15(23-25-10)8-20-16(19-2)22-12-5-6-24(9-12)14-4-3-11(17)7-13(14)18/h3-4,7,12H,5-6,8-9H2,1-2H3,(H2,19,20,22). The number of aliphatic imine (C=N–C) groups is 1. The monoisotopic (exact) mass is 350 g/mol. The van der Waals surface area contributed by atoms with Crippen LogP contribution >= 0.6 is 0 Å². The number of hydrogen-bond acceptors (Lipinski definition) is 5. The van der Waals surface area contributed by atoms with Crippen LogP contribution in [0.4, 0.5) is 14.5 Å². The molecule has 1 fully saturated rings. The highest BCUT2D eigenvalue weighted by Crippen LogP contribution is 2.24. The maximum atomic E-state index is 13.9. The molecule has 2 N–H and O–H groups in total. The minimum atomic E-state index is -0.573. The first-order valence-electron chi connectivity index (χ1n) is 8.01. The van der Waals surface area contributed by atoms with Crippen molar-refractivity contribution in [2.24, 2.45) is 4.99 Å². The number of guanidine groups is 1. The molecule has 0 spiro atoms. The Balaban J connectivity index is 1.54. The van der Waals surface area contributed by atoms with Crippen molar-refractivity contribution < 1.29 is 13.3 Å². The molecule has 0 aliphatic carbocycles. The van der Waals surface area contributed by atoms with E-state index in [-0.39, 0.29) is 6.04 Å². The highest BCUT2D eigenvalue weighted by Gasteiger charge is 2.25. The van der Waals surface area contributed by atoms with Crippen LogP contribution in [-0.4, -0.2) is 42.3 Å². The van der Waals surface area contributed by atoms with E-state index in [0.717, 1.165) is 12.5 Å². The summed E-state index contributed by atoms with van der Waals surface area (Å²) >= 11 is 0. The molecule has 1 saturated heterocycles. The second kappa shape index (κ2) is 7.45. The Morgan fingerprint density at radius 3 is 2.96 bits per heavy atom. The minimum absolute atomic E-state index is 0.0997. The Labute approximate surface area is 144 Å². The normalized spacial score (nSPS) is 17.8. The van der Waals surface area contributed by atoms with Gasteiger partial charge in [0.2, 0.25) is 5.89 Å². The fourth-order valence-corrected chi connectivity index (χ4v) is 2.80. The minimum Gasteiger partial charge on any atom is -0.367 e. The summed E-state index contributed by atoms with van der Waals surface area (Å²) in [5, 5.41) is 10.2. The average Bonchev–Trinajstić information content (AvgIpc) is 3.20. The van der Waals surface area contributed by atoms with Crippen molar-refractivity contribution >= 4 is 11.6 Å². The topological polar surface area (TPSA) is 78.6 Å². The SMILES string of the molecule is CN=C(NCc1noc(C)n1)NC1CCN(c2ccc(F)cc2F)C1. The van der Waals surface area contributed by atoms with E-state index in [1.54, 1.807) is 14.0 Å². The van der Waals surface area contributed by atoms with Gasteiger partial charge in [-0.25, -0.2) is 8.78 Å². The molecule has 0 bridgehead atoms. The number of nitrogens with zero attached hydrogens (tertiary/aromatic N) is 4. The zero-order valence-electron chi connectivity index (χ0n) is 14.1. The zero-order valence-corrected chi connectivity index (χ0v) is 14.1. The number of rotatable bonds is 4. The molecule has 0 radical (unpaired) electrons. The van der Waals surface area contributed by atoms with Gasteiger partial charge in [-0.2, -0.15) is 4.98 Å². The molecule has 3 rings (SSSR count). The summed E-state index contributed by atoms with van der Waals surface area (Å²) in [4.78, 5) is 10.2. The van der Waals surface area contributed by atoms with Crippen molar-refractivity contribution in [3.05, 3.63) is 41.5 Å². The van der Waals surface area contributed by atoms with Crippen molar-refractivity contribution in [2.45, 2.75) is 25.9 Å². The third kappa shape index (κ3) is 4.23. The second-order valence-corrected chi connectivity index (χ2v) is 5.83. The Morgan fingerprint density at radius 2 is 2.28 bits per heavy atom. The molecule has 9 heteroatoms. The molecule has 1 aromatic heterocycles. The van der Waals surface area contributed by atoms with E-state index in [1.807, 2.05) is 4.90 Å². The van der Waals surface area contributed by atoms with E-state index in [2.05, 4.69) is 25.8 Å². The molecule has 2 aromatic rings. The van der Waals surface area contributed by atoms with Crippen LogP contribution in [0.15, 0.2) is 27.7 Å². The van der Waals surface area contributed by atoms with Crippen molar-refractivity contribution in [1.29, 1.82) is 0 Å². The largest absolute Gasteiger partial charge is 0.367 e. The third-order valence-corrected chi connectivity index (χ3v) is 3.99.